The molecule has 0 spiro atoms. The van der Waals surface area contributed by atoms with Crippen LogP contribution in [-0.4, -0.2) is 54.2 Å². The predicted octanol–water partition coefficient (Wildman–Crippen LogP) is 6.71. The van der Waals surface area contributed by atoms with Crippen molar-refractivity contribution in [1.82, 2.24) is 10.2 Å². The van der Waals surface area contributed by atoms with Crippen molar-refractivity contribution in [3.63, 3.8) is 0 Å². The molecule has 0 bridgehead atoms. The van der Waals surface area contributed by atoms with Gasteiger partial charge in [0.1, 0.15) is 25.1 Å². The molecule has 1 aliphatic heterocycles. The van der Waals surface area contributed by atoms with Crippen LogP contribution in [0.1, 0.15) is 44.6 Å². The van der Waals surface area contributed by atoms with Gasteiger partial charge in [-0.2, -0.15) is 0 Å². The van der Waals surface area contributed by atoms with Gasteiger partial charge in [0.15, 0.2) is 0 Å². The molecule has 1 atom stereocenters. The lowest BCUT2D eigenvalue weighted by Gasteiger charge is -2.29. The molecule has 0 saturated carbocycles. The normalized spacial score (nSPS) is 13.6. The SMILES string of the molecule is CN1c2ccc(NC(=O)c3ccc(C(=N)NC(=O)OCc4ccccc4)cc3)cc2CN(CCc2ccccc2)C(=O)C1CC(=O)OCc1ccccc1. The van der Waals surface area contributed by atoms with Crippen LogP contribution in [0.5, 0.6) is 0 Å². The Morgan fingerprint density at radius 3 is 1.94 bits per heavy atom. The predicted molar refractivity (Wildman–Crippen MR) is 206 cm³/mol. The van der Waals surface area contributed by atoms with Crippen LogP contribution in [-0.2, 0) is 45.2 Å². The topological polar surface area (TPSA) is 141 Å². The number of fused-ring (bicyclic) bond motifs is 1. The molecule has 1 unspecified atom stereocenters. The van der Waals surface area contributed by atoms with E-state index in [0.717, 1.165) is 27.9 Å². The molecule has 11 nitrogen and oxygen atoms in total. The van der Waals surface area contributed by atoms with E-state index >= 15 is 0 Å². The van der Waals surface area contributed by atoms with Gasteiger partial charge in [-0.3, -0.25) is 25.1 Å². The molecule has 54 heavy (non-hydrogen) atoms. The second kappa shape index (κ2) is 17.6. The van der Waals surface area contributed by atoms with Crippen molar-refractivity contribution in [2.24, 2.45) is 0 Å². The number of benzene rings is 5. The van der Waals surface area contributed by atoms with E-state index in [0.29, 0.717) is 29.8 Å². The van der Waals surface area contributed by atoms with Crippen LogP contribution >= 0.6 is 0 Å². The highest BCUT2D eigenvalue weighted by molar-refractivity contribution is 6.07. The maximum absolute atomic E-state index is 14.1. The summed E-state index contributed by atoms with van der Waals surface area (Å²) in [5.74, 6) is -1.19. The number of hydrogen-bond acceptors (Lipinski definition) is 8. The van der Waals surface area contributed by atoms with E-state index in [1.54, 1.807) is 42.3 Å². The Kier molecular flexibility index (Phi) is 12.1. The summed E-state index contributed by atoms with van der Waals surface area (Å²) >= 11 is 0. The Balaban J connectivity index is 1.12. The van der Waals surface area contributed by atoms with Gasteiger partial charge in [0, 0.05) is 42.6 Å². The summed E-state index contributed by atoms with van der Waals surface area (Å²) in [6.07, 6.45) is -0.251. The zero-order chi connectivity index (χ0) is 37.9. The van der Waals surface area contributed by atoms with E-state index in [9.17, 15) is 19.2 Å². The first-order valence-corrected chi connectivity index (χ1v) is 17.6. The molecular weight excluding hydrogens is 683 g/mol. The largest absolute Gasteiger partial charge is 0.461 e. The van der Waals surface area contributed by atoms with Crippen molar-refractivity contribution in [3.05, 3.63) is 167 Å². The molecule has 0 aromatic heterocycles. The maximum atomic E-state index is 14.1. The molecule has 0 saturated heterocycles. The highest BCUT2D eigenvalue weighted by Crippen LogP contribution is 2.31. The van der Waals surface area contributed by atoms with Gasteiger partial charge in [0.05, 0.1) is 6.42 Å². The minimum absolute atomic E-state index is 0.0739. The monoisotopic (exact) mass is 723 g/mol. The third-order valence-electron chi connectivity index (χ3n) is 9.13. The smallest absolute Gasteiger partial charge is 0.413 e. The number of hydrogen-bond donors (Lipinski definition) is 3. The summed E-state index contributed by atoms with van der Waals surface area (Å²) in [5, 5.41) is 13.6. The standard InChI is InChI=1S/C43H41N5O6/c1-47-37-22-21-36(45-41(50)34-19-17-33(18-20-34)40(44)46-43(52)54-29-32-15-9-4-10-16-32)25-35(37)27-48(24-23-30-11-5-2-6-12-30)42(51)38(47)26-39(49)53-28-31-13-7-3-8-14-31/h2-22,25,38H,23-24,26-29H2,1H3,(H,45,50)(H2,44,46,52). The van der Waals surface area contributed by atoms with E-state index in [-0.39, 0.29) is 43.8 Å². The number of anilines is 2. The first kappa shape index (κ1) is 37.0. The lowest BCUT2D eigenvalue weighted by molar-refractivity contribution is -0.148. The third kappa shape index (κ3) is 9.77. The molecule has 5 aromatic carbocycles. The molecule has 1 heterocycles. The van der Waals surface area contributed by atoms with Gasteiger partial charge in [0.25, 0.3) is 5.91 Å². The molecule has 0 fully saturated rings. The minimum atomic E-state index is -0.789. The average molecular weight is 724 g/mol. The lowest BCUT2D eigenvalue weighted by atomic mass is 10.1. The number of alkyl carbamates (subject to hydrolysis) is 1. The van der Waals surface area contributed by atoms with Crippen LogP contribution in [0.2, 0.25) is 0 Å². The van der Waals surface area contributed by atoms with E-state index in [4.69, 9.17) is 14.9 Å². The summed E-state index contributed by atoms with van der Waals surface area (Å²) < 4.78 is 10.8. The molecule has 6 rings (SSSR count). The zero-order valence-corrected chi connectivity index (χ0v) is 29.9. The van der Waals surface area contributed by atoms with Crippen LogP contribution in [0, 0.1) is 5.41 Å². The van der Waals surface area contributed by atoms with Crippen LogP contribution in [0.3, 0.4) is 0 Å². The molecule has 3 N–H and O–H groups in total. The van der Waals surface area contributed by atoms with Gasteiger partial charge in [-0.25, -0.2) is 4.79 Å². The van der Waals surface area contributed by atoms with Crippen molar-refractivity contribution in [3.8, 4) is 0 Å². The van der Waals surface area contributed by atoms with Crippen LogP contribution in [0.15, 0.2) is 133 Å². The van der Waals surface area contributed by atoms with Gasteiger partial charge < -0.3 is 24.6 Å². The van der Waals surface area contributed by atoms with E-state index in [1.165, 1.54) is 0 Å². The van der Waals surface area contributed by atoms with Gasteiger partial charge in [-0.05, 0) is 59.0 Å². The molecule has 3 amide bonds. The zero-order valence-electron chi connectivity index (χ0n) is 29.9. The quantitative estimate of drug-likeness (QED) is 0.0738. The Bertz CT molecular complexity index is 2090. The van der Waals surface area contributed by atoms with Crippen LogP contribution in [0.25, 0.3) is 0 Å². The summed E-state index contributed by atoms with van der Waals surface area (Å²) in [5.41, 5.74) is 5.62. The van der Waals surface area contributed by atoms with E-state index in [2.05, 4.69) is 10.6 Å². The summed E-state index contributed by atoms with van der Waals surface area (Å²) in [6, 6.07) is 39.5. The highest BCUT2D eigenvalue weighted by atomic mass is 16.5. The fraction of sp³-hybridized carbons (Fsp3) is 0.186. The molecule has 274 valence electrons. The molecule has 11 heteroatoms. The Morgan fingerprint density at radius 2 is 1.31 bits per heavy atom. The lowest BCUT2D eigenvalue weighted by Crippen LogP contribution is -2.46. The van der Waals surface area contributed by atoms with Gasteiger partial charge in [-0.15, -0.1) is 0 Å². The average Bonchev–Trinajstić information content (AvgIpc) is 3.29. The van der Waals surface area contributed by atoms with Gasteiger partial charge >= 0.3 is 12.1 Å². The van der Waals surface area contributed by atoms with Crippen molar-refractivity contribution in [1.29, 1.82) is 5.41 Å². The van der Waals surface area contributed by atoms with Crippen molar-refractivity contribution < 1.29 is 28.7 Å². The Labute approximate surface area is 314 Å². The third-order valence-corrected chi connectivity index (χ3v) is 9.13. The Hall–Kier alpha value is -6.75. The minimum Gasteiger partial charge on any atom is -0.461 e. The molecule has 5 aromatic rings. The van der Waals surface area contributed by atoms with Crippen molar-refractivity contribution in [2.75, 3.05) is 23.8 Å². The number of amidine groups is 1. The molecule has 0 radical (unpaired) electrons. The van der Waals surface area contributed by atoms with Gasteiger partial charge in [0.2, 0.25) is 5.91 Å². The van der Waals surface area contributed by atoms with Crippen molar-refractivity contribution >= 4 is 41.1 Å². The number of carbonyl (C=O) groups excluding carboxylic acids is 4. The first-order chi connectivity index (χ1) is 26.2. The summed E-state index contributed by atoms with van der Waals surface area (Å²) in [7, 11) is 1.79. The number of likely N-dealkylation sites (N-methyl/N-ethyl adjacent to an activating group) is 1. The number of amides is 3. The fourth-order valence-corrected chi connectivity index (χ4v) is 6.16. The molecule has 1 aliphatic rings. The van der Waals surface area contributed by atoms with Crippen LogP contribution in [0.4, 0.5) is 16.2 Å². The number of nitrogens with zero attached hydrogens (tertiary/aromatic N) is 2. The second-order valence-corrected chi connectivity index (χ2v) is 12.9. The fourth-order valence-electron chi connectivity index (χ4n) is 6.16. The van der Waals surface area contributed by atoms with Crippen LogP contribution < -0.4 is 15.5 Å². The molecule has 0 aliphatic carbocycles. The number of ether oxygens (including phenoxy) is 2. The molecular formula is C43H41N5O6. The summed E-state index contributed by atoms with van der Waals surface area (Å²) in [6.45, 7) is 0.906. The first-order valence-electron chi connectivity index (χ1n) is 17.6. The number of esters is 1. The van der Waals surface area contributed by atoms with E-state index in [1.807, 2.05) is 108 Å². The summed E-state index contributed by atoms with van der Waals surface area (Å²) in [4.78, 5) is 56.3. The number of carbonyl (C=O) groups is 4. The van der Waals surface area contributed by atoms with Gasteiger partial charge in [-0.1, -0.05) is 103 Å². The Morgan fingerprint density at radius 1 is 0.741 bits per heavy atom. The number of rotatable bonds is 12. The van der Waals surface area contributed by atoms with Crippen molar-refractivity contribution in [2.45, 2.75) is 38.6 Å². The van der Waals surface area contributed by atoms with E-state index < -0.39 is 18.1 Å². The number of nitrogens with one attached hydrogen (secondary N) is 3. The second-order valence-electron chi connectivity index (χ2n) is 12.9. The maximum Gasteiger partial charge on any atom is 0.413 e. The highest BCUT2D eigenvalue weighted by Gasteiger charge is 2.35.